The maximum absolute atomic E-state index is 11.8. The van der Waals surface area contributed by atoms with E-state index < -0.39 is 0 Å². The first-order chi connectivity index (χ1) is 7.66. The SMILES string of the molecule is O=C(Nc1ncc[nH]1)c1ccc(Cl)cc1Br. The van der Waals surface area contributed by atoms with Gasteiger partial charge in [-0.2, -0.15) is 0 Å². The molecule has 1 aromatic heterocycles. The average Bonchev–Trinajstić information content (AvgIpc) is 2.70. The molecule has 0 saturated carbocycles. The molecule has 2 N–H and O–H groups in total. The molecule has 0 atom stereocenters. The minimum Gasteiger partial charge on any atom is -0.331 e. The van der Waals surface area contributed by atoms with Crippen molar-refractivity contribution in [1.29, 1.82) is 0 Å². The normalized spacial score (nSPS) is 10.1. The highest BCUT2D eigenvalue weighted by Gasteiger charge is 2.11. The minimum absolute atomic E-state index is 0.251. The molecule has 0 fully saturated rings. The van der Waals surface area contributed by atoms with Gasteiger partial charge in [0.05, 0.1) is 5.56 Å². The number of hydrogen-bond donors (Lipinski definition) is 2. The lowest BCUT2D eigenvalue weighted by molar-refractivity contribution is 0.102. The van der Waals surface area contributed by atoms with Crippen molar-refractivity contribution in [1.82, 2.24) is 9.97 Å². The number of carbonyl (C=O) groups excluding carboxylic acids is 1. The molecule has 82 valence electrons. The number of nitrogens with one attached hydrogen (secondary N) is 2. The van der Waals surface area contributed by atoms with E-state index in [1.165, 1.54) is 0 Å². The lowest BCUT2D eigenvalue weighted by Crippen LogP contribution is -2.13. The Bertz CT molecular complexity index is 513. The molecule has 6 heteroatoms. The lowest BCUT2D eigenvalue weighted by atomic mass is 10.2. The molecule has 1 amide bonds. The van der Waals surface area contributed by atoms with Gasteiger partial charge in [-0.05, 0) is 34.1 Å². The van der Waals surface area contributed by atoms with Gasteiger partial charge in [-0.1, -0.05) is 11.6 Å². The van der Waals surface area contributed by atoms with Gasteiger partial charge in [0, 0.05) is 21.9 Å². The highest BCUT2D eigenvalue weighted by molar-refractivity contribution is 9.10. The quantitative estimate of drug-likeness (QED) is 0.895. The Morgan fingerprint density at radius 1 is 1.50 bits per heavy atom. The predicted octanol–water partition coefficient (Wildman–Crippen LogP) is 3.08. The zero-order valence-corrected chi connectivity index (χ0v) is 10.3. The van der Waals surface area contributed by atoms with Crippen molar-refractivity contribution in [2.45, 2.75) is 0 Å². The smallest absolute Gasteiger partial charge is 0.259 e. The van der Waals surface area contributed by atoms with Crippen LogP contribution in [0.3, 0.4) is 0 Å². The number of benzene rings is 1. The molecule has 1 aromatic carbocycles. The molecule has 0 spiro atoms. The fourth-order valence-electron chi connectivity index (χ4n) is 1.18. The Balaban J connectivity index is 2.21. The molecule has 4 nitrogen and oxygen atoms in total. The first kappa shape index (κ1) is 11.2. The van der Waals surface area contributed by atoms with Crippen LogP contribution in [-0.4, -0.2) is 15.9 Å². The van der Waals surface area contributed by atoms with Gasteiger partial charge in [-0.25, -0.2) is 4.98 Å². The van der Waals surface area contributed by atoms with E-state index in [0.29, 0.717) is 21.0 Å². The zero-order chi connectivity index (χ0) is 11.5. The van der Waals surface area contributed by atoms with Crippen LogP contribution in [0.2, 0.25) is 5.02 Å². The third-order valence-electron chi connectivity index (χ3n) is 1.91. The second-order valence-electron chi connectivity index (χ2n) is 3.02. The number of rotatable bonds is 2. The Labute approximate surface area is 105 Å². The number of amides is 1. The summed E-state index contributed by atoms with van der Waals surface area (Å²) in [6.45, 7) is 0. The van der Waals surface area contributed by atoms with Crippen molar-refractivity contribution >= 4 is 39.4 Å². The average molecular weight is 301 g/mol. The molecule has 1 heterocycles. The number of anilines is 1. The molecule has 2 aromatic rings. The highest BCUT2D eigenvalue weighted by atomic mass is 79.9. The Hall–Kier alpha value is -1.33. The number of halogens is 2. The van der Waals surface area contributed by atoms with Crippen LogP contribution < -0.4 is 5.32 Å². The fraction of sp³-hybridized carbons (Fsp3) is 0. The van der Waals surface area contributed by atoms with Gasteiger partial charge in [0.25, 0.3) is 5.91 Å². The summed E-state index contributed by atoms with van der Waals surface area (Å²) in [7, 11) is 0. The Morgan fingerprint density at radius 3 is 2.94 bits per heavy atom. The molecule has 0 bridgehead atoms. The van der Waals surface area contributed by atoms with Gasteiger partial charge < -0.3 is 4.98 Å². The molecule has 0 unspecified atom stereocenters. The lowest BCUT2D eigenvalue weighted by Gasteiger charge is -2.04. The minimum atomic E-state index is -0.251. The Morgan fingerprint density at radius 2 is 2.31 bits per heavy atom. The number of aromatic amines is 1. The van der Waals surface area contributed by atoms with Crippen molar-refractivity contribution in [2.24, 2.45) is 0 Å². The van der Waals surface area contributed by atoms with E-state index in [4.69, 9.17) is 11.6 Å². The van der Waals surface area contributed by atoms with Gasteiger partial charge in [0.1, 0.15) is 0 Å². The monoisotopic (exact) mass is 299 g/mol. The topological polar surface area (TPSA) is 57.8 Å². The van der Waals surface area contributed by atoms with E-state index in [1.54, 1.807) is 30.6 Å². The van der Waals surface area contributed by atoms with Crippen LogP contribution in [0.25, 0.3) is 0 Å². The summed E-state index contributed by atoms with van der Waals surface area (Å²) in [6, 6.07) is 4.96. The summed E-state index contributed by atoms with van der Waals surface area (Å²) in [4.78, 5) is 18.5. The van der Waals surface area contributed by atoms with Crippen molar-refractivity contribution in [3.8, 4) is 0 Å². The van der Waals surface area contributed by atoms with Gasteiger partial charge in [-0.15, -0.1) is 0 Å². The first-order valence-corrected chi connectivity index (χ1v) is 5.59. The molecule has 2 rings (SSSR count). The molecular weight excluding hydrogens is 293 g/mol. The highest BCUT2D eigenvalue weighted by Crippen LogP contribution is 2.22. The molecule has 0 saturated heterocycles. The van der Waals surface area contributed by atoms with Crippen LogP contribution in [0.5, 0.6) is 0 Å². The third-order valence-corrected chi connectivity index (χ3v) is 2.80. The van der Waals surface area contributed by atoms with Crippen LogP contribution in [0.1, 0.15) is 10.4 Å². The first-order valence-electron chi connectivity index (χ1n) is 4.42. The van der Waals surface area contributed by atoms with E-state index in [2.05, 4.69) is 31.2 Å². The number of hydrogen-bond acceptors (Lipinski definition) is 2. The van der Waals surface area contributed by atoms with Crippen LogP contribution in [0, 0.1) is 0 Å². The fourth-order valence-corrected chi connectivity index (χ4v) is 2.04. The summed E-state index contributed by atoms with van der Waals surface area (Å²) in [5.41, 5.74) is 0.501. The van der Waals surface area contributed by atoms with Crippen molar-refractivity contribution < 1.29 is 4.79 Å². The van der Waals surface area contributed by atoms with E-state index in [1.807, 2.05) is 0 Å². The van der Waals surface area contributed by atoms with Crippen LogP contribution in [-0.2, 0) is 0 Å². The van der Waals surface area contributed by atoms with E-state index >= 15 is 0 Å². The summed E-state index contributed by atoms with van der Waals surface area (Å²) in [6.07, 6.45) is 3.19. The standard InChI is InChI=1S/C10H7BrClN3O/c11-8-5-6(12)1-2-7(8)9(16)15-10-13-3-4-14-10/h1-5H,(H2,13,14,15,16). The molecule has 0 aliphatic heterocycles. The summed E-state index contributed by atoms with van der Waals surface area (Å²) in [5.74, 6) is 0.158. The van der Waals surface area contributed by atoms with Gasteiger partial charge in [-0.3, -0.25) is 10.1 Å². The number of H-pyrrole nitrogens is 1. The second-order valence-corrected chi connectivity index (χ2v) is 4.31. The molecule has 0 aliphatic carbocycles. The summed E-state index contributed by atoms with van der Waals surface area (Å²) >= 11 is 9.06. The maximum atomic E-state index is 11.8. The number of carbonyl (C=O) groups is 1. The van der Waals surface area contributed by atoms with E-state index in [9.17, 15) is 4.79 Å². The van der Waals surface area contributed by atoms with Gasteiger partial charge in [0.15, 0.2) is 0 Å². The predicted molar refractivity (Wildman–Crippen MR) is 65.7 cm³/mol. The Kier molecular flexibility index (Phi) is 3.26. The van der Waals surface area contributed by atoms with E-state index in [-0.39, 0.29) is 5.91 Å². The maximum Gasteiger partial charge on any atom is 0.259 e. The van der Waals surface area contributed by atoms with E-state index in [0.717, 1.165) is 0 Å². The number of nitrogens with zero attached hydrogens (tertiary/aromatic N) is 1. The molecular formula is C10H7BrClN3O. The summed E-state index contributed by atoms with van der Waals surface area (Å²) in [5, 5.41) is 3.19. The molecule has 0 radical (unpaired) electrons. The van der Waals surface area contributed by atoms with Crippen molar-refractivity contribution in [2.75, 3.05) is 5.32 Å². The number of aromatic nitrogens is 2. The van der Waals surface area contributed by atoms with Crippen LogP contribution in [0.15, 0.2) is 35.1 Å². The largest absolute Gasteiger partial charge is 0.331 e. The van der Waals surface area contributed by atoms with Gasteiger partial charge >= 0.3 is 0 Å². The van der Waals surface area contributed by atoms with Gasteiger partial charge in [0.2, 0.25) is 5.95 Å². The number of imidazole rings is 1. The van der Waals surface area contributed by atoms with Crippen molar-refractivity contribution in [3.05, 3.63) is 45.7 Å². The zero-order valence-electron chi connectivity index (χ0n) is 8.00. The molecule has 0 aliphatic rings. The van der Waals surface area contributed by atoms with Crippen LogP contribution in [0.4, 0.5) is 5.95 Å². The third kappa shape index (κ3) is 2.43. The van der Waals surface area contributed by atoms with Crippen LogP contribution >= 0.6 is 27.5 Å². The molecule has 16 heavy (non-hydrogen) atoms. The second kappa shape index (κ2) is 4.67. The van der Waals surface area contributed by atoms with Crippen molar-refractivity contribution in [3.63, 3.8) is 0 Å². The summed E-state index contributed by atoms with van der Waals surface area (Å²) < 4.78 is 0.643.